The van der Waals surface area contributed by atoms with E-state index >= 15 is 0 Å². The van der Waals surface area contributed by atoms with E-state index in [9.17, 15) is 4.79 Å². The van der Waals surface area contributed by atoms with E-state index in [1.165, 1.54) is 6.42 Å². The molecule has 0 aromatic heterocycles. The maximum Gasteiger partial charge on any atom is 0.150 e. The smallest absolute Gasteiger partial charge is 0.150 e. The molecule has 1 nitrogen and oxygen atoms in total. The van der Waals surface area contributed by atoms with E-state index in [0.29, 0.717) is 5.78 Å². The Bertz CT molecular complexity index is 181. The molecule has 1 fully saturated rings. The molecular weight excluding hydrogens is 216 g/mol. The Labute approximate surface area is 83.0 Å². The van der Waals surface area contributed by atoms with Crippen LogP contribution in [0.2, 0.25) is 0 Å². The summed E-state index contributed by atoms with van der Waals surface area (Å²) in [6.45, 7) is 6.46. The van der Waals surface area contributed by atoms with Gasteiger partial charge in [0.1, 0.15) is 5.78 Å². The first-order chi connectivity index (χ1) is 5.43. The van der Waals surface area contributed by atoms with Gasteiger partial charge in [-0.25, -0.2) is 0 Å². The standard InChI is InChI=1S/C10H17BrO/c1-10(2,3)7-5-4-6-8(11)9(7)12/h7-8H,4-6H2,1-3H3/t7-,8+/m1/s1. The molecule has 0 aromatic rings. The van der Waals surface area contributed by atoms with Crippen LogP contribution in [0.15, 0.2) is 0 Å². The highest BCUT2D eigenvalue weighted by Crippen LogP contribution is 2.37. The van der Waals surface area contributed by atoms with Gasteiger partial charge >= 0.3 is 0 Å². The molecule has 1 aliphatic rings. The zero-order valence-corrected chi connectivity index (χ0v) is 9.65. The summed E-state index contributed by atoms with van der Waals surface area (Å²) in [7, 11) is 0. The molecule has 2 atom stereocenters. The number of hydrogen-bond donors (Lipinski definition) is 0. The fourth-order valence-corrected chi connectivity index (χ4v) is 2.51. The molecule has 1 rings (SSSR count). The van der Waals surface area contributed by atoms with Crippen molar-refractivity contribution in [1.29, 1.82) is 0 Å². The van der Waals surface area contributed by atoms with Crippen molar-refractivity contribution in [3.05, 3.63) is 0 Å². The van der Waals surface area contributed by atoms with Gasteiger partial charge in [0.05, 0.1) is 4.83 Å². The lowest BCUT2D eigenvalue weighted by Crippen LogP contribution is -2.36. The van der Waals surface area contributed by atoms with Gasteiger partial charge in [-0.2, -0.15) is 0 Å². The van der Waals surface area contributed by atoms with E-state index in [1.54, 1.807) is 0 Å². The largest absolute Gasteiger partial charge is 0.298 e. The number of carbonyl (C=O) groups excluding carboxylic acids is 1. The second-order valence-electron chi connectivity index (χ2n) is 4.72. The van der Waals surface area contributed by atoms with E-state index in [-0.39, 0.29) is 16.2 Å². The number of carbonyl (C=O) groups is 1. The summed E-state index contributed by atoms with van der Waals surface area (Å²) in [5.74, 6) is 0.671. The van der Waals surface area contributed by atoms with Crippen molar-refractivity contribution in [3.63, 3.8) is 0 Å². The molecule has 0 unspecified atom stereocenters. The highest BCUT2D eigenvalue weighted by molar-refractivity contribution is 9.10. The Hall–Kier alpha value is 0.150. The fraction of sp³-hybridized carbons (Fsp3) is 0.900. The van der Waals surface area contributed by atoms with Crippen LogP contribution in [-0.2, 0) is 4.79 Å². The van der Waals surface area contributed by atoms with Gasteiger partial charge in [-0.3, -0.25) is 4.79 Å². The number of ketones is 1. The average molecular weight is 233 g/mol. The molecule has 0 saturated heterocycles. The Morgan fingerprint density at radius 3 is 2.33 bits per heavy atom. The van der Waals surface area contributed by atoms with E-state index in [0.717, 1.165) is 12.8 Å². The molecule has 0 radical (unpaired) electrons. The number of halogens is 1. The van der Waals surface area contributed by atoms with Crippen LogP contribution in [-0.4, -0.2) is 10.6 Å². The summed E-state index contributed by atoms with van der Waals surface area (Å²) >= 11 is 3.44. The first-order valence-corrected chi connectivity index (χ1v) is 5.52. The second-order valence-corrected chi connectivity index (χ2v) is 5.82. The van der Waals surface area contributed by atoms with E-state index in [1.807, 2.05) is 0 Å². The van der Waals surface area contributed by atoms with Gasteiger partial charge in [0, 0.05) is 5.92 Å². The number of hydrogen-bond acceptors (Lipinski definition) is 1. The molecule has 1 aliphatic carbocycles. The van der Waals surface area contributed by atoms with E-state index in [2.05, 4.69) is 36.7 Å². The van der Waals surface area contributed by atoms with Crippen molar-refractivity contribution in [2.45, 2.75) is 44.9 Å². The van der Waals surface area contributed by atoms with E-state index in [4.69, 9.17) is 0 Å². The minimum atomic E-state index is 0.121. The van der Waals surface area contributed by atoms with Crippen LogP contribution in [0.1, 0.15) is 40.0 Å². The third kappa shape index (κ3) is 2.09. The number of alkyl halides is 1. The molecule has 0 bridgehead atoms. The predicted octanol–water partition coefficient (Wildman–Crippen LogP) is 3.17. The lowest BCUT2D eigenvalue weighted by Gasteiger charge is -2.34. The summed E-state index contributed by atoms with van der Waals surface area (Å²) < 4.78 is 0. The lowest BCUT2D eigenvalue weighted by atomic mass is 9.72. The van der Waals surface area contributed by atoms with Crippen LogP contribution in [0.4, 0.5) is 0 Å². The van der Waals surface area contributed by atoms with Crippen molar-refractivity contribution in [2.75, 3.05) is 0 Å². The van der Waals surface area contributed by atoms with Gasteiger partial charge in [0.2, 0.25) is 0 Å². The third-order valence-corrected chi connectivity index (χ3v) is 3.56. The summed E-state index contributed by atoms with van der Waals surface area (Å²) in [6.07, 6.45) is 3.28. The van der Waals surface area contributed by atoms with Gasteiger partial charge < -0.3 is 0 Å². The molecule has 1 saturated carbocycles. The van der Waals surface area contributed by atoms with Gasteiger partial charge in [-0.05, 0) is 18.3 Å². The van der Waals surface area contributed by atoms with Crippen molar-refractivity contribution >= 4 is 21.7 Å². The molecule has 0 aliphatic heterocycles. The Morgan fingerprint density at radius 2 is 1.92 bits per heavy atom. The van der Waals surface area contributed by atoms with Gasteiger partial charge in [0.15, 0.2) is 0 Å². The van der Waals surface area contributed by atoms with Crippen LogP contribution in [0.3, 0.4) is 0 Å². The zero-order valence-electron chi connectivity index (χ0n) is 8.06. The van der Waals surface area contributed by atoms with Crippen LogP contribution in [0, 0.1) is 11.3 Å². The number of rotatable bonds is 0. The Balaban J connectivity index is 2.71. The van der Waals surface area contributed by atoms with Gasteiger partial charge in [-0.1, -0.05) is 43.1 Å². The highest BCUT2D eigenvalue weighted by Gasteiger charge is 2.36. The van der Waals surface area contributed by atoms with Crippen molar-refractivity contribution < 1.29 is 4.79 Å². The maximum absolute atomic E-state index is 11.7. The maximum atomic E-state index is 11.7. The predicted molar refractivity (Wildman–Crippen MR) is 54.5 cm³/mol. The summed E-state index contributed by atoms with van der Waals surface area (Å²) in [5, 5.41) is 0. The summed E-state index contributed by atoms with van der Waals surface area (Å²) in [5.41, 5.74) is 0.142. The SMILES string of the molecule is CC(C)(C)[C@@H]1CCC[C@H](Br)C1=O. The van der Waals surface area contributed by atoms with Crippen LogP contribution in [0.5, 0.6) is 0 Å². The van der Waals surface area contributed by atoms with Crippen LogP contribution < -0.4 is 0 Å². The van der Waals surface area contributed by atoms with Crippen LogP contribution in [0.25, 0.3) is 0 Å². The molecule has 70 valence electrons. The number of Topliss-reactive ketones (excluding diaryl/α,β-unsaturated/α-hetero) is 1. The van der Waals surface area contributed by atoms with Gasteiger partial charge in [-0.15, -0.1) is 0 Å². The van der Waals surface area contributed by atoms with E-state index < -0.39 is 0 Å². The molecule has 0 amide bonds. The quantitative estimate of drug-likeness (QED) is 0.587. The normalized spacial score (nSPS) is 32.2. The van der Waals surface area contributed by atoms with Crippen molar-refractivity contribution in [2.24, 2.45) is 11.3 Å². The molecule has 0 heterocycles. The minimum absolute atomic E-state index is 0.121. The van der Waals surface area contributed by atoms with Crippen molar-refractivity contribution in [1.82, 2.24) is 0 Å². The monoisotopic (exact) mass is 232 g/mol. The average Bonchev–Trinajstić information content (AvgIpc) is 1.92. The topological polar surface area (TPSA) is 17.1 Å². The molecule has 12 heavy (non-hydrogen) atoms. The zero-order chi connectivity index (χ0) is 9.35. The molecule has 0 aromatic carbocycles. The first kappa shape index (κ1) is 10.2. The Morgan fingerprint density at radius 1 is 1.33 bits per heavy atom. The Kier molecular flexibility index (Phi) is 2.97. The minimum Gasteiger partial charge on any atom is -0.298 e. The van der Waals surface area contributed by atoms with Crippen molar-refractivity contribution in [3.8, 4) is 0 Å². The summed E-state index contributed by atoms with van der Waals surface area (Å²) in [4.78, 5) is 11.8. The second kappa shape index (κ2) is 3.49. The molecule has 2 heteroatoms. The third-order valence-electron chi connectivity index (χ3n) is 2.65. The summed E-state index contributed by atoms with van der Waals surface area (Å²) in [6, 6.07) is 0. The molecule has 0 spiro atoms. The molecule has 0 N–H and O–H groups in total. The van der Waals surface area contributed by atoms with Gasteiger partial charge in [0.25, 0.3) is 0 Å². The highest BCUT2D eigenvalue weighted by atomic mass is 79.9. The lowest BCUT2D eigenvalue weighted by molar-refractivity contribution is -0.127. The first-order valence-electron chi connectivity index (χ1n) is 4.60. The van der Waals surface area contributed by atoms with Crippen LogP contribution >= 0.6 is 15.9 Å². The fourth-order valence-electron chi connectivity index (χ4n) is 1.86. The molecular formula is C10H17BrO.